The van der Waals surface area contributed by atoms with Crippen molar-refractivity contribution in [3.05, 3.63) is 22.6 Å². The Kier molecular flexibility index (Phi) is 3.56. The van der Waals surface area contributed by atoms with Crippen LogP contribution in [0.2, 0.25) is 0 Å². The molecule has 1 saturated carbocycles. The molecule has 0 spiro atoms. The van der Waals surface area contributed by atoms with E-state index in [2.05, 4.69) is 10.4 Å². The predicted molar refractivity (Wildman–Crippen MR) is 61.5 cm³/mol. The van der Waals surface area contributed by atoms with Crippen LogP contribution in [-0.2, 0) is 6.54 Å². The summed E-state index contributed by atoms with van der Waals surface area (Å²) < 4.78 is 1.38. The summed E-state index contributed by atoms with van der Waals surface area (Å²) in [5.74, 6) is 0. The molecule has 1 aromatic heterocycles. The summed E-state index contributed by atoms with van der Waals surface area (Å²) >= 11 is 0. The van der Waals surface area contributed by atoms with E-state index < -0.39 is 0 Å². The van der Waals surface area contributed by atoms with Crippen LogP contribution in [0.15, 0.2) is 17.1 Å². The number of aromatic nitrogens is 2. The van der Waals surface area contributed by atoms with E-state index in [-0.39, 0.29) is 12.2 Å². The minimum absolute atomic E-state index is 0.0796. The molecule has 1 fully saturated rings. The Balaban J connectivity index is 2.00. The van der Waals surface area contributed by atoms with Crippen molar-refractivity contribution >= 4 is 5.69 Å². The number of aliphatic hydroxyl groups excluding tert-OH is 1. The van der Waals surface area contributed by atoms with Gasteiger partial charge in [-0.1, -0.05) is 0 Å². The van der Waals surface area contributed by atoms with Gasteiger partial charge in [0.05, 0.1) is 11.9 Å². The lowest BCUT2D eigenvalue weighted by Gasteiger charge is -2.27. The molecule has 0 radical (unpaired) electrons. The number of anilines is 1. The van der Waals surface area contributed by atoms with Crippen LogP contribution in [0.3, 0.4) is 0 Å². The number of hydrogen-bond donors (Lipinski definition) is 2. The highest BCUT2D eigenvalue weighted by Crippen LogP contribution is 2.21. The number of hydrogen-bond acceptors (Lipinski definition) is 4. The van der Waals surface area contributed by atoms with Crippen molar-refractivity contribution in [1.29, 1.82) is 0 Å². The molecule has 0 atom stereocenters. The van der Waals surface area contributed by atoms with Gasteiger partial charge >= 0.3 is 0 Å². The smallest absolute Gasteiger partial charge is 0.268 e. The third-order valence-electron chi connectivity index (χ3n) is 2.87. The largest absolute Gasteiger partial charge is 0.396 e. The van der Waals surface area contributed by atoms with Gasteiger partial charge in [-0.05, 0) is 25.7 Å². The molecule has 0 aliphatic heterocycles. The van der Waals surface area contributed by atoms with Crippen molar-refractivity contribution in [3.8, 4) is 0 Å². The molecule has 0 unspecified atom stereocenters. The molecular formula is C11H17N3O2. The van der Waals surface area contributed by atoms with Crippen LogP contribution in [0.4, 0.5) is 5.69 Å². The third-order valence-corrected chi connectivity index (χ3v) is 2.87. The number of aryl methyl sites for hydroxylation is 1. The molecular weight excluding hydrogens is 206 g/mol. The second-order valence-electron chi connectivity index (χ2n) is 4.15. The molecule has 1 heterocycles. The van der Waals surface area contributed by atoms with E-state index in [0.29, 0.717) is 19.0 Å². The van der Waals surface area contributed by atoms with Gasteiger partial charge < -0.3 is 10.4 Å². The zero-order valence-corrected chi connectivity index (χ0v) is 9.22. The van der Waals surface area contributed by atoms with E-state index in [0.717, 1.165) is 5.69 Å². The normalized spacial score (nSPS) is 15.8. The van der Waals surface area contributed by atoms with Crippen molar-refractivity contribution in [2.45, 2.75) is 38.3 Å². The van der Waals surface area contributed by atoms with Crippen LogP contribution in [-0.4, -0.2) is 27.5 Å². The highest BCUT2D eigenvalue weighted by Gasteiger charge is 2.17. The second-order valence-corrected chi connectivity index (χ2v) is 4.15. The number of nitrogens with zero attached hydrogens (tertiary/aromatic N) is 2. The number of rotatable bonds is 5. The maximum Gasteiger partial charge on any atom is 0.268 e. The molecule has 0 aromatic carbocycles. The molecule has 0 bridgehead atoms. The maximum atomic E-state index is 11.6. The van der Waals surface area contributed by atoms with E-state index in [9.17, 15) is 4.79 Å². The molecule has 0 amide bonds. The van der Waals surface area contributed by atoms with Crippen molar-refractivity contribution in [2.75, 3.05) is 11.9 Å². The lowest BCUT2D eigenvalue weighted by molar-refractivity contribution is 0.275. The molecule has 1 aromatic rings. The Hall–Kier alpha value is -1.36. The van der Waals surface area contributed by atoms with Crippen molar-refractivity contribution in [1.82, 2.24) is 9.78 Å². The Morgan fingerprint density at radius 2 is 2.38 bits per heavy atom. The fraction of sp³-hybridized carbons (Fsp3) is 0.636. The highest BCUT2D eigenvalue weighted by atomic mass is 16.3. The first kappa shape index (κ1) is 11.1. The fourth-order valence-corrected chi connectivity index (χ4v) is 1.69. The lowest BCUT2D eigenvalue weighted by atomic mass is 9.93. The standard InChI is InChI=1S/C11H17N3O2/c15-6-2-5-14-11(16)7-10(8-12-14)13-9-3-1-4-9/h7-9,13,15H,1-6H2. The molecule has 5 heteroatoms. The summed E-state index contributed by atoms with van der Waals surface area (Å²) in [6.45, 7) is 0.551. The number of aliphatic hydroxyl groups is 1. The zero-order chi connectivity index (χ0) is 11.4. The average Bonchev–Trinajstić information content (AvgIpc) is 2.22. The van der Waals surface area contributed by atoms with Crippen LogP contribution in [0.25, 0.3) is 0 Å². The molecule has 88 valence electrons. The Morgan fingerprint density at radius 3 is 2.94 bits per heavy atom. The van der Waals surface area contributed by atoms with E-state index in [4.69, 9.17) is 5.11 Å². The molecule has 2 N–H and O–H groups in total. The molecule has 2 rings (SSSR count). The third kappa shape index (κ3) is 2.61. The van der Waals surface area contributed by atoms with Gasteiger partial charge in [0.15, 0.2) is 0 Å². The van der Waals surface area contributed by atoms with Crippen LogP contribution < -0.4 is 10.9 Å². The first-order valence-corrected chi connectivity index (χ1v) is 5.74. The summed E-state index contributed by atoms with van der Waals surface area (Å²) in [5.41, 5.74) is 0.688. The number of nitrogens with one attached hydrogen (secondary N) is 1. The Bertz CT molecular complexity index is 398. The average molecular weight is 223 g/mol. The fourth-order valence-electron chi connectivity index (χ4n) is 1.69. The van der Waals surface area contributed by atoms with Gasteiger partial charge in [0.1, 0.15) is 0 Å². The van der Waals surface area contributed by atoms with Gasteiger partial charge in [-0.15, -0.1) is 0 Å². The van der Waals surface area contributed by atoms with Gasteiger partial charge in [0.2, 0.25) is 0 Å². The first-order chi connectivity index (χ1) is 7.79. The topological polar surface area (TPSA) is 67.2 Å². The first-order valence-electron chi connectivity index (χ1n) is 5.74. The SMILES string of the molecule is O=c1cc(NC2CCC2)cnn1CCCO. The van der Waals surface area contributed by atoms with E-state index in [1.807, 2.05) is 0 Å². The molecule has 0 saturated heterocycles. The summed E-state index contributed by atoms with van der Waals surface area (Å²) in [6.07, 6.45) is 5.85. The molecule has 1 aliphatic carbocycles. The van der Waals surface area contributed by atoms with Crippen LogP contribution in [0.1, 0.15) is 25.7 Å². The van der Waals surface area contributed by atoms with Crippen molar-refractivity contribution in [2.24, 2.45) is 0 Å². The van der Waals surface area contributed by atoms with Gasteiger partial charge in [-0.2, -0.15) is 5.10 Å². The Labute approximate surface area is 94.1 Å². The minimum Gasteiger partial charge on any atom is -0.396 e. The van der Waals surface area contributed by atoms with Crippen LogP contribution in [0.5, 0.6) is 0 Å². The zero-order valence-electron chi connectivity index (χ0n) is 9.22. The van der Waals surface area contributed by atoms with E-state index in [1.54, 1.807) is 12.3 Å². The van der Waals surface area contributed by atoms with Crippen molar-refractivity contribution < 1.29 is 5.11 Å². The van der Waals surface area contributed by atoms with E-state index >= 15 is 0 Å². The highest BCUT2D eigenvalue weighted by molar-refractivity contribution is 5.40. The molecule has 1 aliphatic rings. The summed E-state index contributed by atoms with van der Waals surface area (Å²) in [4.78, 5) is 11.6. The summed E-state index contributed by atoms with van der Waals surface area (Å²) in [6, 6.07) is 2.08. The van der Waals surface area contributed by atoms with Gasteiger partial charge in [0, 0.05) is 25.3 Å². The maximum absolute atomic E-state index is 11.6. The van der Waals surface area contributed by atoms with Crippen molar-refractivity contribution in [3.63, 3.8) is 0 Å². The van der Waals surface area contributed by atoms with Gasteiger partial charge in [-0.3, -0.25) is 4.79 Å². The van der Waals surface area contributed by atoms with Gasteiger partial charge in [0.25, 0.3) is 5.56 Å². The molecule has 16 heavy (non-hydrogen) atoms. The molecule has 5 nitrogen and oxygen atoms in total. The monoisotopic (exact) mass is 223 g/mol. The summed E-state index contributed by atoms with van der Waals surface area (Å²) in [7, 11) is 0. The Morgan fingerprint density at radius 1 is 1.56 bits per heavy atom. The van der Waals surface area contributed by atoms with Gasteiger partial charge in [-0.25, -0.2) is 4.68 Å². The summed E-state index contributed by atoms with van der Waals surface area (Å²) in [5, 5.41) is 16.0. The second kappa shape index (κ2) is 5.12. The predicted octanol–water partition coefficient (Wildman–Crippen LogP) is 0.590. The quantitative estimate of drug-likeness (QED) is 0.766. The minimum atomic E-state index is -0.113. The van der Waals surface area contributed by atoms with E-state index in [1.165, 1.54) is 23.9 Å². The lowest BCUT2D eigenvalue weighted by Crippen LogP contribution is -2.29. The van der Waals surface area contributed by atoms with Crippen LogP contribution >= 0.6 is 0 Å². The van der Waals surface area contributed by atoms with Crippen LogP contribution in [0, 0.1) is 0 Å².